The molecule has 0 bridgehead atoms. The van der Waals surface area contributed by atoms with E-state index in [1.54, 1.807) is 0 Å². The Morgan fingerprint density at radius 3 is 1.71 bits per heavy atom. The first-order valence-electron chi connectivity index (χ1n) is 9.66. The third-order valence-electron chi connectivity index (χ3n) is 4.19. The molecule has 0 spiro atoms. The van der Waals surface area contributed by atoms with Crippen molar-refractivity contribution in [2.45, 2.75) is 116 Å². The van der Waals surface area contributed by atoms with Gasteiger partial charge in [-0.15, -0.1) is 0 Å². The fourth-order valence-corrected chi connectivity index (χ4v) is 2.70. The highest BCUT2D eigenvalue weighted by Crippen LogP contribution is 2.11. The predicted molar refractivity (Wildman–Crippen MR) is 95.7 cm³/mol. The summed E-state index contributed by atoms with van der Waals surface area (Å²) in [6.45, 7) is 4.52. The van der Waals surface area contributed by atoms with Crippen LogP contribution >= 0.6 is 0 Å². The Morgan fingerprint density at radius 1 is 0.667 bits per heavy atom. The van der Waals surface area contributed by atoms with Gasteiger partial charge in [-0.2, -0.15) is 0 Å². The Kier molecular flexibility index (Phi) is 17.5. The predicted octanol–water partition coefficient (Wildman–Crippen LogP) is 6.79. The van der Waals surface area contributed by atoms with Crippen molar-refractivity contribution in [3.05, 3.63) is 12.2 Å². The molecule has 0 aliphatic rings. The van der Waals surface area contributed by atoms with Crippen LogP contribution in [0.3, 0.4) is 0 Å². The van der Waals surface area contributed by atoms with Gasteiger partial charge in [0.25, 0.3) is 0 Å². The molecule has 126 valence electrons. The van der Waals surface area contributed by atoms with Gasteiger partial charge < -0.3 is 5.11 Å². The Balaban J connectivity index is 3.24. The fraction of sp³-hybridized carbons (Fsp3) is 0.900. The molecule has 1 nitrogen and oxygen atoms in total. The van der Waals surface area contributed by atoms with Gasteiger partial charge >= 0.3 is 0 Å². The highest BCUT2D eigenvalue weighted by atomic mass is 16.3. The maximum Gasteiger partial charge on any atom is 0.0720 e. The van der Waals surface area contributed by atoms with Crippen LogP contribution < -0.4 is 0 Å². The lowest BCUT2D eigenvalue weighted by Gasteiger charge is -2.05. The highest BCUT2D eigenvalue weighted by molar-refractivity contribution is 4.88. The molecule has 1 heteroatoms. The van der Waals surface area contributed by atoms with Crippen LogP contribution in [0.25, 0.3) is 0 Å². The lowest BCUT2D eigenvalue weighted by Crippen LogP contribution is -2.01. The van der Waals surface area contributed by atoms with Gasteiger partial charge in [-0.1, -0.05) is 103 Å². The van der Waals surface area contributed by atoms with Gasteiger partial charge in [-0.05, 0) is 19.3 Å². The SMILES string of the molecule is CCCCCCCCC=CC(O)CCCCCCCCC. The van der Waals surface area contributed by atoms with Crippen LogP contribution in [-0.4, -0.2) is 11.2 Å². The molecule has 0 heterocycles. The summed E-state index contributed by atoms with van der Waals surface area (Å²) >= 11 is 0. The molecule has 0 saturated carbocycles. The number of rotatable bonds is 16. The number of aliphatic hydroxyl groups excluding tert-OH is 1. The molecule has 0 aliphatic carbocycles. The van der Waals surface area contributed by atoms with E-state index in [9.17, 15) is 5.11 Å². The highest BCUT2D eigenvalue weighted by Gasteiger charge is 1.98. The van der Waals surface area contributed by atoms with E-state index in [1.165, 1.54) is 83.5 Å². The third kappa shape index (κ3) is 17.6. The Morgan fingerprint density at radius 2 is 1.14 bits per heavy atom. The molecule has 0 amide bonds. The van der Waals surface area contributed by atoms with Gasteiger partial charge in [0, 0.05) is 0 Å². The summed E-state index contributed by atoms with van der Waals surface area (Å²) in [4.78, 5) is 0. The van der Waals surface area contributed by atoms with E-state index < -0.39 is 0 Å². The second-order valence-corrected chi connectivity index (χ2v) is 6.46. The van der Waals surface area contributed by atoms with Crippen molar-refractivity contribution in [1.82, 2.24) is 0 Å². The molecule has 0 aliphatic heterocycles. The number of allylic oxidation sites excluding steroid dienone is 1. The first kappa shape index (κ1) is 20.7. The maximum absolute atomic E-state index is 9.88. The summed E-state index contributed by atoms with van der Waals surface area (Å²) in [6.07, 6.45) is 23.4. The van der Waals surface area contributed by atoms with E-state index in [2.05, 4.69) is 19.9 Å². The molecular formula is C20H40O. The number of hydrogen-bond acceptors (Lipinski definition) is 1. The summed E-state index contributed by atoms with van der Waals surface area (Å²) in [6, 6.07) is 0. The normalized spacial score (nSPS) is 13.1. The standard InChI is InChI=1S/C20H40O/c1-3-5-7-9-11-13-15-17-19-20(21)18-16-14-12-10-8-6-4-2/h17,19-21H,3-16,18H2,1-2H3. The summed E-state index contributed by atoms with van der Waals surface area (Å²) in [5.41, 5.74) is 0. The second kappa shape index (κ2) is 17.8. The van der Waals surface area contributed by atoms with Crippen molar-refractivity contribution < 1.29 is 5.11 Å². The van der Waals surface area contributed by atoms with Crippen LogP contribution in [0.15, 0.2) is 12.2 Å². The third-order valence-corrected chi connectivity index (χ3v) is 4.19. The molecule has 0 aromatic heterocycles. The Bertz CT molecular complexity index is 210. The number of unbranched alkanes of at least 4 members (excludes halogenated alkanes) is 12. The van der Waals surface area contributed by atoms with E-state index in [0.29, 0.717) is 0 Å². The van der Waals surface area contributed by atoms with Gasteiger partial charge in [0.15, 0.2) is 0 Å². The molecule has 21 heavy (non-hydrogen) atoms. The lowest BCUT2D eigenvalue weighted by atomic mass is 10.1. The van der Waals surface area contributed by atoms with E-state index in [4.69, 9.17) is 0 Å². The Labute approximate surface area is 134 Å². The molecule has 1 unspecified atom stereocenters. The Hall–Kier alpha value is -0.300. The minimum absolute atomic E-state index is 0.208. The van der Waals surface area contributed by atoms with Crippen molar-refractivity contribution in [3.8, 4) is 0 Å². The minimum atomic E-state index is -0.208. The van der Waals surface area contributed by atoms with Crippen LogP contribution in [0.1, 0.15) is 110 Å². The van der Waals surface area contributed by atoms with Crippen LogP contribution in [0.5, 0.6) is 0 Å². The summed E-state index contributed by atoms with van der Waals surface area (Å²) < 4.78 is 0. The lowest BCUT2D eigenvalue weighted by molar-refractivity contribution is 0.207. The van der Waals surface area contributed by atoms with E-state index in [0.717, 1.165) is 12.8 Å². The quantitative estimate of drug-likeness (QED) is 0.245. The van der Waals surface area contributed by atoms with Crippen LogP contribution in [0.2, 0.25) is 0 Å². The average Bonchev–Trinajstić information content (AvgIpc) is 2.49. The fourth-order valence-electron chi connectivity index (χ4n) is 2.70. The minimum Gasteiger partial charge on any atom is -0.389 e. The first-order valence-corrected chi connectivity index (χ1v) is 9.66. The van der Waals surface area contributed by atoms with Crippen LogP contribution in [0, 0.1) is 0 Å². The molecule has 0 saturated heterocycles. The van der Waals surface area contributed by atoms with Crippen LogP contribution in [-0.2, 0) is 0 Å². The van der Waals surface area contributed by atoms with Crippen molar-refractivity contribution in [3.63, 3.8) is 0 Å². The zero-order chi connectivity index (χ0) is 15.6. The van der Waals surface area contributed by atoms with Crippen molar-refractivity contribution >= 4 is 0 Å². The van der Waals surface area contributed by atoms with Gasteiger partial charge in [-0.25, -0.2) is 0 Å². The molecule has 0 radical (unpaired) electrons. The molecule has 1 N–H and O–H groups in total. The average molecular weight is 297 g/mol. The van der Waals surface area contributed by atoms with Crippen LogP contribution in [0.4, 0.5) is 0 Å². The number of hydrogen-bond donors (Lipinski definition) is 1. The molecule has 0 rings (SSSR count). The number of aliphatic hydroxyl groups is 1. The molecule has 0 aromatic rings. The second-order valence-electron chi connectivity index (χ2n) is 6.46. The van der Waals surface area contributed by atoms with Gasteiger partial charge in [0.1, 0.15) is 0 Å². The van der Waals surface area contributed by atoms with E-state index in [1.807, 2.05) is 6.08 Å². The molecular weight excluding hydrogens is 256 g/mol. The first-order chi connectivity index (χ1) is 10.3. The summed E-state index contributed by atoms with van der Waals surface area (Å²) in [5, 5.41) is 9.88. The van der Waals surface area contributed by atoms with E-state index >= 15 is 0 Å². The topological polar surface area (TPSA) is 20.2 Å². The van der Waals surface area contributed by atoms with Crippen molar-refractivity contribution in [2.75, 3.05) is 0 Å². The molecule has 1 atom stereocenters. The summed E-state index contributed by atoms with van der Waals surface area (Å²) in [7, 11) is 0. The van der Waals surface area contributed by atoms with Crippen molar-refractivity contribution in [1.29, 1.82) is 0 Å². The molecule has 0 aromatic carbocycles. The smallest absolute Gasteiger partial charge is 0.0720 e. The molecule has 0 fully saturated rings. The van der Waals surface area contributed by atoms with Gasteiger partial charge in [0.05, 0.1) is 6.10 Å². The largest absolute Gasteiger partial charge is 0.389 e. The van der Waals surface area contributed by atoms with Gasteiger partial charge in [0.2, 0.25) is 0 Å². The summed E-state index contributed by atoms with van der Waals surface area (Å²) in [5.74, 6) is 0. The van der Waals surface area contributed by atoms with E-state index in [-0.39, 0.29) is 6.10 Å². The van der Waals surface area contributed by atoms with Gasteiger partial charge in [-0.3, -0.25) is 0 Å². The van der Waals surface area contributed by atoms with Crippen molar-refractivity contribution in [2.24, 2.45) is 0 Å². The monoisotopic (exact) mass is 296 g/mol. The zero-order valence-electron chi connectivity index (χ0n) is 14.8. The maximum atomic E-state index is 9.88. The zero-order valence-corrected chi connectivity index (χ0v) is 14.8.